The summed E-state index contributed by atoms with van der Waals surface area (Å²) in [6, 6.07) is 7.13. The van der Waals surface area contributed by atoms with Crippen LogP contribution in [0.5, 0.6) is 5.75 Å². The van der Waals surface area contributed by atoms with Crippen molar-refractivity contribution in [1.29, 1.82) is 0 Å². The number of aryl methyl sites for hydroxylation is 1. The highest BCUT2D eigenvalue weighted by atomic mass is 79.9. The van der Waals surface area contributed by atoms with E-state index >= 15 is 0 Å². The second kappa shape index (κ2) is 5.14. The van der Waals surface area contributed by atoms with Gasteiger partial charge in [-0.25, -0.2) is 9.78 Å². The maximum atomic E-state index is 11.8. The van der Waals surface area contributed by atoms with Gasteiger partial charge in [-0.2, -0.15) is 0 Å². The van der Waals surface area contributed by atoms with Crippen molar-refractivity contribution >= 4 is 21.9 Å². The molecule has 88 valence electrons. The Labute approximate surface area is 107 Å². The summed E-state index contributed by atoms with van der Waals surface area (Å²) in [7, 11) is 0. The van der Waals surface area contributed by atoms with E-state index in [1.807, 2.05) is 13.0 Å². The van der Waals surface area contributed by atoms with Gasteiger partial charge in [0.2, 0.25) is 5.82 Å². The molecule has 0 fully saturated rings. The Morgan fingerprint density at radius 2 is 2.35 bits per heavy atom. The molecule has 2 aromatic rings. The number of nitrogens with zero attached hydrogens (tertiary/aromatic N) is 2. The van der Waals surface area contributed by atoms with E-state index in [0.29, 0.717) is 18.1 Å². The predicted molar refractivity (Wildman–Crippen MR) is 67.0 cm³/mol. The molecule has 17 heavy (non-hydrogen) atoms. The first-order valence-electron chi connectivity index (χ1n) is 5.19. The van der Waals surface area contributed by atoms with E-state index < -0.39 is 5.97 Å². The Hall–Kier alpha value is -1.62. The average molecular weight is 295 g/mol. The molecule has 1 aromatic carbocycles. The number of carbonyl (C=O) groups excluding carboxylic acids is 1. The molecule has 0 aliphatic rings. The fourth-order valence-corrected chi connectivity index (χ4v) is 1.82. The Morgan fingerprint density at radius 1 is 1.53 bits per heavy atom. The molecule has 0 saturated heterocycles. The molecule has 0 aliphatic heterocycles. The summed E-state index contributed by atoms with van der Waals surface area (Å²) in [5.74, 6) is 0.359. The SMILES string of the molecule is CCn1ccnc1C(=O)Oc1cccc(Br)c1. The van der Waals surface area contributed by atoms with E-state index in [1.54, 1.807) is 35.2 Å². The average Bonchev–Trinajstić information content (AvgIpc) is 2.77. The van der Waals surface area contributed by atoms with Gasteiger partial charge < -0.3 is 9.30 Å². The third-order valence-electron chi connectivity index (χ3n) is 2.25. The molecule has 0 atom stereocenters. The quantitative estimate of drug-likeness (QED) is 0.646. The minimum absolute atomic E-state index is 0.312. The van der Waals surface area contributed by atoms with E-state index in [4.69, 9.17) is 4.74 Å². The summed E-state index contributed by atoms with van der Waals surface area (Å²) in [4.78, 5) is 15.8. The second-order valence-electron chi connectivity index (χ2n) is 3.38. The smallest absolute Gasteiger partial charge is 0.379 e. The zero-order chi connectivity index (χ0) is 12.3. The number of ether oxygens (including phenoxy) is 1. The molecule has 5 heteroatoms. The Balaban J connectivity index is 2.17. The van der Waals surface area contributed by atoms with Gasteiger partial charge >= 0.3 is 5.97 Å². The van der Waals surface area contributed by atoms with Crippen LogP contribution in [0.2, 0.25) is 0 Å². The third kappa shape index (κ3) is 2.74. The molecule has 0 saturated carbocycles. The van der Waals surface area contributed by atoms with Crippen LogP contribution in [0.15, 0.2) is 41.1 Å². The summed E-state index contributed by atoms with van der Waals surface area (Å²) < 4.78 is 7.83. The van der Waals surface area contributed by atoms with Gasteiger partial charge in [-0.15, -0.1) is 0 Å². The lowest BCUT2D eigenvalue weighted by atomic mass is 10.3. The van der Waals surface area contributed by atoms with Crippen molar-refractivity contribution in [1.82, 2.24) is 9.55 Å². The van der Waals surface area contributed by atoms with Crippen LogP contribution in [0, 0.1) is 0 Å². The summed E-state index contributed by atoms with van der Waals surface area (Å²) in [6.07, 6.45) is 3.33. The number of benzene rings is 1. The van der Waals surface area contributed by atoms with Crippen LogP contribution in [0.25, 0.3) is 0 Å². The number of esters is 1. The Kier molecular flexibility index (Phi) is 3.58. The minimum atomic E-state index is -0.449. The minimum Gasteiger partial charge on any atom is -0.421 e. The van der Waals surface area contributed by atoms with Gasteiger partial charge in [-0.1, -0.05) is 22.0 Å². The summed E-state index contributed by atoms with van der Waals surface area (Å²) in [5, 5.41) is 0. The number of rotatable bonds is 3. The molecule has 0 spiro atoms. The van der Waals surface area contributed by atoms with Gasteiger partial charge in [0, 0.05) is 23.4 Å². The summed E-state index contributed by atoms with van der Waals surface area (Å²) >= 11 is 3.32. The highest BCUT2D eigenvalue weighted by molar-refractivity contribution is 9.10. The zero-order valence-electron chi connectivity index (χ0n) is 9.26. The first-order chi connectivity index (χ1) is 8.20. The maximum Gasteiger partial charge on any atom is 0.379 e. The maximum absolute atomic E-state index is 11.8. The molecular formula is C12H11BrN2O2. The van der Waals surface area contributed by atoms with Crippen LogP contribution < -0.4 is 4.74 Å². The van der Waals surface area contributed by atoms with E-state index in [1.165, 1.54) is 0 Å². The van der Waals surface area contributed by atoms with Crippen molar-refractivity contribution in [3.63, 3.8) is 0 Å². The van der Waals surface area contributed by atoms with Gasteiger partial charge in [-0.05, 0) is 25.1 Å². The van der Waals surface area contributed by atoms with Crippen molar-refractivity contribution in [2.24, 2.45) is 0 Å². The number of aromatic nitrogens is 2. The van der Waals surface area contributed by atoms with Gasteiger partial charge in [0.05, 0.1) is 0 Å². The lowest BCUT2D eigenvalue weighted by Crippen LogP contribution is -2.15. The van der Waals surface area contributed by atoms with Gasteiger partial charge in [0.25, 0.3) is 0 Å². The van der Waals surface area contributed by atoms with Crippen LogP contribution in [0.3, 0.4) is 0 Å². The van der Waals surface area contributed by atoms with Crippen molar-refractivity contribution in [2.45, 2.75) is 13.5 Å². The standard InChI is InChI=1S/C12H11BrN2O2/c1-2-15-7-6-14-11(15)12(16)17-10-5-3-4-9(13)8-10/h3-8H,2H2,1H3. The monoisotopic (exact) mass is 294 g/mol. The number of hydrogen-bond acceptors (Lipinski definition) is 3. The second-order valence-corrected chi connectivity index (χ2v) is 4.30. The lowest BCUT2D eigenvalue weighted by Gasteiger charge is -2.05. The Morgan fingerprint density at radius 3 is 3.06 bits per heavy atom. The summed E-state index contributed by atoms with van der Waals surface area (Å²) in [5.41, 5.74) is 0. The first-order valence-corrected chi connectivity index (χ1v) is 5.99. The third-order valence-corrected chi connectivity index (χ3v) is 2.74. The van der Waals surface area contributed by atoms with Crippen molar-refractivity contribution in [3.8, 4) is 5.75 Å². The zero-order valence-corrected chi connectivity index (χ0v) is 10.8. The largest absolute Gasteiger partial charge is 0.421 e. The highest BCUT2D eigenvalue weighted by Crippen LogP contribution is 2.18. The van der Waals surface area contributed by atoms with Crippen molar-refractivity contribution in [3.05, 3.63) is 47.0 Å². The number of imidazole rings is 1. The fraction of sp³-hybridized carbons (Fsp3) is 0.167. The molecule has 0 amide bonds. The van der Waals surface area contributed by atoms with Crippen LogP contribution in [0.1, 0.15) is 17.5 Å². The van der Waals surface area contributed by atoms with Crippen LogP contribution in [-0.2, 0) is 6.54 Å². The highest BCUT2D eigenvalue weighted by Gasteiger charge is 2.14. The van der Waals surface area contributed by atoms with Gasteiger partial charge in [0.15, 0.2) is 0 Å². The van der Waals surface area contributed by atoms with Crippen molar-refractivity contribution in [2.75, 3.05) is 0 Å². The Bertz CT molecular complexity index is 537. The van der Waals surface area contributed by atoms with Crippen LogP contribution >= 0.6 is 15.9 Å². The van der Waals surface area contributed by atoms with Gasteiger partial charge in [-0.3, -0.25) is 0 Å². The van der Waals surface area contributed by atoms with Gasteiger partial charge in [0.1, 0.15) is 5.75 Å². The molecule has 1 heterocycles. The van der Waals surface area contributed by atoms with Crippen molar-refractivity contribution < 1.29 is 9.53 Å². The van der Waals surface area contributed by atoms with Crippen LogP contribution in [0.4, 0.5) is 0 Å². The normalized spacial score (nSPS) is 10.2. The molecule has 4 nitrogen and oxygen atoms in total. The van der Waals surface area contributed by atoms with Crippen LogP contribution in [-0.4, -0.2) is 15.5 Å². The molecule has 0 N–H and O–H groups in total. The predicted octanol–water partition coefficient (Wildman–Crippen LogP) is 2.88. The molecule has 0 aliphatic carbocycles. The van der Waals surface area contributed by atoms with E-state index in [0.717, 1.165) is 4.47 Å². The lowest BCUT2D eigenvalue weighted by molar-refractivity contribution is 0.0717. The van der Waals surface area contributed by atoms with E-state index in [2.05, 4.69) is 20.9 Å². The molecule has 0 unspecified atom stereocenters. The fourth-order valence-electron chi connectivity index (χ4n) is 1.44. The molecular weight excluding hydrogens is 284 g/mol. The topological polar surface area (TPSA) is 44.1 Å². The molecule has 0 radical (unpaired) electrons. The number of halogens is 1. The van der Waals surface area contributed by atoms with E-state index in [9.17, 15) is 4.79 Å². The van der Waals surface area contributed by atoms with E-state index in [-0.39, 0.29) is 0 Å². The number of hydrogen-bond donors (Lipinski definition) is 0. The number of carbonyl (C=O) groups is 1. The molecule has 1 aromatic heterocycles. The summed E-state index contributed by atoms with van der Waals surface area (Å²) in [6.45, 7) is 2.63. The molecule has 0 bridgehead atoms. The first kappa shape index (κ1) is 11.9. The molecule has 2 rings (SSSR count).